The third kappa shape index (κ3) is 3.20. The van der Waals surface area contributed by atoms with Crippen molar-refractivity contribution in [1.82, 2.24) is 9.88 Å². The molecule has 1 unspecified atom stereocenters. The third-order valence-corrected chi connectivity index (χ3v) is 6.20. The Kier molecular flexibility index (Phi) is 4.68. The van der Waals surface area contributed by atoms with Crippen molar-refractivity contribution in [3.8, 4) is 0 Å². The van der Waals surface area contributed by atoms with Crippen LogP contribution in [0.4, 0.5) is 0 Å². The Morgan fingerprint density at radius 3 is 2.95 bits per heavy atom. The van der Waals surface area contributed by atoms with E-state index in [1.165, 1.54) is 11.3 Å². The normalized spacial score (nSPS) is 18.4. The van der Waals surface area contributed by atoms with Gasteiger partial charge in [0.05, 0.1) is 33.7 Å². The van der Waals surface area contributed by atoms with E-state index < -0.39 is 10.8 Å². The molecule has 0 amide bonds. The molecule has 0 spiro atoms. The highest BCUT2D eigenvalue weighted by Crippen LogP contribution is 2.29. The summed E-state index contributed by atoms with van der Waals surface area (Å²) in [4.78, 5) is 6.70. The molecule has 4 nitrogen and oxygen atoms in total. The molecule has 108 valence electrons. The van der Waals surface area contributed by atoms with Crippen LogP contribution >= 0.6 is 22.9 Å². The topological polar surface area (TPSA) is 42.4 Å². The van der Waals surface area contributed by atoms with Crippen molar-refractivity contribution in [2.45, 2.75) is 4.34 Å². The summed E-state index contributed by atoms with van der Waals surface area (Å²) in [6.45, 7) is 4.19. The molecule has 20 heavy (non-hydrogen) atoms. The Morgan fingerprint density at radius 1 is 1.40 bits per heavy atom. The number of halogens is 1. The van der Waals surface area contributed by atoms with Gasteiger partial charge in [-0.1, -0.05) is 17.7 Å². The molecule has 1 aliphatic heterocycles. The monoisotopic (exact) mass is 330 g/mol. The van der Waals surface area contributed by atoms with Crippen molar-refractivity contribution in [1.29, 1.82) is 0 Å². The number of rotatable bonds is 4. The second-order valence-electron chi connectivity index (χ2n) is 4.57. The summed E-state index contributed by atoms with van der Waals surface area (Å²) in [5.74, 6) is 0.609. The number of ether oxygens (including phenoxy) is 1. The van der Waals surface area contributed by atoms with Gasteiger partial charge in [0.1, 0.15) is 5.52 Å². The van der Waals surface area contributed by atoms with E-state index in [2.05, 4.69) is 9.88 Å². The average molecular weight is 331 g/mol. The van der Waals surface area contributed by atoms with Crippen LogP contribution in [0.25, 0.3) is 10.2 Å². The zero-order valence-corrected chi connectivity index (χ0v) is 13.3. The molecule has 0 radical (unpaired) electrons. The molecule has 1 aromatic carbocycles. The van der Waals surface area contributed by atoms with E-state index >= 15 is 0 Å². The summed E-state index contributed by atoms with van der Waals surface area (Å²) < 4.78 is 19.3. The molecule has 0 saturated carbocycles. The Hall–Kier alpha value is -0.530. The fourth-order valence-electron chi connectivity index (χ4n) is 2.12. The van der Waals surface area contributed by atoms with Crippen molar-refractivity contribution in [2.24, 2.45) is 0 Å². The quantitative estimate of drug-likeness (QED) is 0.863. The molecule has 2 aromatic rings. The van der Waals surface area contributed by atoms with Crippen LogP contribution in [0.3, 0.4) is 0 Å². The molecule has 0 bridgehead atoms. The van der Waals surface area contributed by atoms with Crippen LogP contribution in [0.5, 0.6) is 0 Å². The summed E-state index contributed by atoms with van der Waals surface area (Å²) >= 11 is 7.56. The SMILES string of the molecule is O=S(CCN1CCOCC1)c1nc2c(Cl)cccc2s1. The Morgan fingerprint density at radius 2 is 2.20 bits per heavy atom. The summed E-state index contributed by atoms with van der Waals surface area (Å²) in [6.07, 6.45) is 0. The highest BCUT2D eigenvalue weighted by atomic mass is 35.5. The number of thiazole rings is 1. The largest absolute Gasteiger partial charge is 0.379 e. The van der Waals surface area contributed by atoms with Crippen LogP contribution in [-0.4, -0.2) is 52.7 Å². The number of nitrogens with zero attached hydrogens (tertiary/aromatic N) is 2. The van der Waals surface area contributed by atoms with Crippen molar-refractivity contribution in [3.05, 3.63) is 23.2 Å². The van der Waals surface area contributed by atoms with Crippen molar-refractivity contribution < 1.29 is 8.95 Å². The molecule has 1 saturated heterocycles. The van der Waals surface area contributed by atoms with Crippen LogP contribution in [-0.2, 0) is 15.5 Å². The molecule has 3 rings (SSSR count). The van der Waals surface area contributed by atoms with Gasteiger partial charge < -0.3 is 4.74 Å². The van der Waals surface area contributed by atoms with Gasteiger partial charge in [0, 0.05) is 25.4 Å². The van der Waals surface area contributed by atoms with Crippen molar-refractivity contribution >= 4 is 44.0 Å². The van der Waals surface area contributed by atoms with Crippen molar-refractivity contribution in [2.75, 3.05) is 38.6 Å². The van der Waals surface area contributed by atoms with E-state index in [4.69, 9.17) is 16.3 Å². The molecule has 0 N–H and O–H groups in total. The van der Waals surface area contributed by atoms with Gasteiger partial charge in [0.25, 0.3) is 0 Å². The van der Waals surface area contributed by atoms with Gasteiger partial charge in [-0.2, -0.15) is 0 Å². The maximum atomic E-state index is 12.3. The lowest BCUT2D eigenvalue weighted by molar-refractivity contribution is 0.0409. The lowest BCUT2D eigenvalue weighted by Gasteiger charge is -2.25. The molecular formula is C13H15ClN2O2S2. The molecule has 1 fully saturated rings. The van der Waals surface area contributed by atoms with Crippen LogP contribution in [0, 0.1) is 0 Å². The highest BCUT2D eigenvalue weighted by Gasteiger charge is 2.15. The molecule has 2 heterocycles. The first-order valence-electron chi connectivity index (χ1n) is 6.47. The number of fused-ring (bicyclic) bond motifs is 1. The number of para-hydroxylation sites is 1. The van der Waals surface area contributed by atoms with Gasteiger partial charge in [0.15, 0.2) is 4.34 Å². The average Bonchev–Trinajstić information content (AvgIpc) is 2.91. The van der Waals surface area contributed by atoms with Gasteiger partial charge in [-0.15, -0.1) is 11.3 Å². The van der Waals surface area contributed by atoms with Gasteiger partial charge in [-0.05, 0) is 12.1 Å². The summed E-state index contributed by atoms with van der Waals surface area (Å²) in [6, 6.07) is 5.66. The minimum Gasteiger partial charge on any atom is -0.379 e. The molecule has 1 aromatic heterocycles. The van der Waals surface area contributed by atoms with E-state index in [0.29, 0.717) is 15.1 Å². The summed E-state index contributed by atoms with van der Waals surface area (Å²) in [5, 5.41) is 0.621. The molecule has 1 aliphatic rings. The van der Waals surface area contributed by atoms with Crippen molar-refractivity contribution in [3.63, 3.8) is 0 Å². The molecule has 1 atom stereocenters. The minimum atomic E-state index is -1.06. The van der Waals surface area contributed by atoms with E-state index in [-0.39, 0.29) is 0 Å². The fraction of sp³-hybridized carbons (Fsp3) is 0.462. The van der Waals surface area contributed by atoms with Gasteiger partial charge in [0.2, 0.25) is 0 Å². The molecule has 0 aliphatic carbocycles. The number of hydrogen-bond acceptors (Lipinski definition) is 5. The second kappa shape index (κ2) is 6.49. The maximum absolute atomic E-state index is 12.3. The number of morpholine rings is 1. The van der Waals surface area contributed by atoms with Crippen LogP contribution < -0.4 is 0 Å². The maximum Gasteiger partial charge on any atom is 0.181 e. The predicted octanol–water partition coefficient (Wildman–Crippen LogP) is 2.39. The highest BCUT2D eigenvalue weighted by molar-refractivity contribution is 7.87. The standard InChI is InChI=1S/C13H15ClN2O2S2/c14-10-2-1-3-11-12(10)15-13(19-11)20(17)9-6-16-4-7-18-8-5-16/h1-3H,4-9H2. The van der Waals surface area contributed by atoms with E-state index in [9.17, 15) is 4.21 Å². The van der Waals surface area contributed by atoms with Gasteiger partial charge >= 0.3 is 0 Å². The summed E-state index contributed by atoms with van der Waals surface area (Å²) in [7, 11) is -1.06. The van der Waals surface area contributed by atoms with E-state index in [1.54, 1.807) is 0 Å². The fourth-order valence-corrected chi connectivity index (χ4v) is 4.80. The molecule has 7 heteroatoms. The first-order chi connectivity index (χ1) is 9.74. The number of benzene rings is 1. The van der Waals surface area contributed by atoms with Gasteiger partial charge in [-0.25, -0.2) is 4.98 Å². The smallest absolute Gasteiger partial charge is 0.181 e. The van der Waals surface area contributed by atoms with E-state index in [1.807, 2.05) is 18.2 Å². The molecular weight excluding hydrogens is 316 g/mol. The first kappa shape index (κ1) is 14.4. The minimum absolute atomic E-state index is 0.609. The predicted molar refractivity (Wildman–Crippen MR) is 83.2 cm³/mol. The lowest BCUT2D eigenvalue weighted by Crippen LogP contribution is -2.38. The summed E-state index contributed by atoms with van der Waals surface area (Å²) in [5.41, 5.74) is 0.758. The van der Waals surface area contributed by atoms with E-state index in [0.717, 1.165) is 43.1 Å². The van der Waals surface area contributed by atoms with Crippen LogP contribution in [0.1, 0.15) is 0 Å². The zero-order chi connectivity index (χ0) is 13.9. The zero-order valence-electron chi connectivity index (χ0n) is 10.9. The Labute approximate surface area is 129 Å². The Bertz CT molecular complexity index is 626. The number of hydrogen-bond donors (Lipinski definition) is 0. The first-order valence-corrected chi connectivity index (χ1v) is 8.99. The third-order valence-electron chi connectivity index (χ3n) is 3.24. The lowest BCUT2D eigenvalue weighted by atomic mass is 10.3. The second-order valence-corrected chi connectivity index (χ2v) is 7.75. The van der Waals surface area contributed by atoms with Crippen LogP contribution in [0.15, 0.2) is 22.5 Å². The number of aromatic nitrogens is 1. The van der Waals surface area contributed by atoms with Gasteiger partial charge in [-0.3, -0.25) is 9.11 Å². The van der Waals surface area contributed by atoms with Crippen LogP contribution in [0.2, 0.25) is 5.02 Å². The Balaban J connectivity index is 1.67.